The minimum absolute atomic E-state index is 0.0144. The highest BCUT2D eigenvalue weighted by molar-refractivity contribution is 7.98. The number of benzene rings is 3. The van der Waals surface area contributed by atoms with Crippen LogP contribution >= 0.6 is 23.4 Å². The lowest BCUT2D eigenvalue weighted by Gasteiger charge is -2.37. The van der Waals surface area contributed by atoms with Gasteiger partial charge in [0.05, 0.1) is 17.2 Å². The summed E-state index contributed by atoms with van der Waals surface area (Å²) in [5, 5.41) is -0.402. The molecule has 2 heterocycles. The molecule has 3 aromatic rings. The van der Waals surface area contributed by atoms with Gasteiger partial charge in [-0.2, -0.15) is 0 Å². The summed E-state index contributed by atoms with van der Waals surface area (Å²) in [6, 6.07) is 20.1. The molecule has 5 nitrogen and oxygen atoms in total. The van der Waals surface area contributed by atoms with E-state index in [1.165, 1.54) is 11.0 Å². The number of amides is 2. The Morgan fingerprint density at radius 3 is 2.02 bits per heavy atom. The molecule has 2 aliphatic heterocycles. The molecular weight excluding hydrogens is 554 g/mol. The average Bonchev–Trinajstić information content (AvgIpc) is 2.99. The fourth-order valence-electron chi connectivity index (χ4n) is 5.23. The third kappa shape index (κ3) is 6.85. The van der Waals surface area contributed by atoms with Crippen LogP contribution < -0.4 is 0 Å². The van der Waals surface area contributed by atoms with Gasteiger partial charge in [0.15, 0.2) is 11.6 Å². The Bertz CT molecular complexity index is 1320. The number of hydrogen-bond acceptors (Lipinski definition) is 4. The Morgan fingerprint density at radius 1 is 0.825 bits per heavy atom. The lowest BCUT2D eigenvalue weighted by molar-refractivity contribution is -0.0593. The number of piperidine rings is 2. The molecule has 3 aromatic carbocycles. The predicted molar refractivity (Wildman–Crippen MR) is 153 cm³/mol. The second-order valence-corrected chi connectivity index (χ2v) is 11.6. The van der Waals surface area contributed by atoms with Gasteiger partial charge in [-0.05, 0) is 61.6 Å². The summed E-state index contributed by atoms with van der Waals surface area (Å²) in [5.74, 6) is -1.85. The summed E-state index contributed by atoms with van der Waals surface area (Å²) in [5.41, 5.74) is 1.83. The fraction of sp³-hybridized carbons (Fsp3) is 0.355. The summed E-state index contributed by atoms with van der Waals surface area (Å²) in [6.45, 7) is 2.21. The van der Waals surface area contributed by atoms with E-state index < -0.39 is 16.7 Å². The maximum Gasteiger partial charge on any atom is 0.254 e. The Labute approximate surface area is 242 Å². The standard InChI is InChI=1S/C31H31ClF2N2O3S/c32-27-18-22(19-28(33)29(27)34)30(37)35-14-10-23(11-15-35)39-24-12-16-36(17-13-24)31(38)26-9-5-4-6-21(26)20-40-25-7-2-1-3-8-25/h1-9,18-19,23-24H,10-17,20H2. The van der Waals surface area contributed by atoms with Crippen molar-refractivity contribution < 1.29 is 23.1 Å². The summed E-state index contributed by atoms with van der Waals surface area (Å²) < 4.78 is 33.5. The molecule has 0 atom stereocenters. The average molecular weight is 585 g/mol. The van der Waals surface area contributed by atoms with Gasteiger partial charge >= 0.3 is 0 Å². The summed E-state index contributed by atoms with van der Waals surface area (Å²) in [7, 11) is 0. The van der Waals surface area contributed by atoms with Crippen molar-refractivity contribution in [1.29, 1.82) is 0 Å². The second-order valence-electron chi connectivity index (χ2n) is 10.1. The van der Waals surface area contributed by atoms with Crippen molar-refractivity contribution >= 4 is 35.2 Å². The van der Waals surface area contributed by atoms with Crippen molar-refractivity contribution in [3.63, 3.8) is 0 Å². The van der Waals surface area contributed by atoms with Gasteiger partial charge in [-0.3, -0.25) is 9.59 Å². The molecular formula is C31H31ClF2N2O3S. The van der Waals surface area contributed by atoms with E-state index in [4.69, 9.17) is 16.3 Å². The van der Waals surface area contributed by atoms with E-state index in [2.05, 4.69) is 12.1 Å². The molecule has 40 heavy (non-hydrogen) atoms. The predicted octanol–water partition coefficient (Wildman–Crippen LogP) is 6.84. The van der Waals surface area contributed by atoms with E-state index in [0.29, 0.717) is 39.0 Å². The number of carbonyl (C=O) groups is 2. The van der Waals surface area contributed by atoms with Gasteiger partial charge in [-0.15, -0.1) is 11.8 Å². The van der Waals surface area contributed by atoms with Crippen LogP contribution in [0.5, 0.6) is 0 Å². The molecule has 5 rings (SSSR count). The molecule has 0 radical (unpaired) electrons. The minimum atomic E-state index is -1.15. The number of ether oxygens (including phenoxy) is 1. The van der Waals surface area contributed by atoms with Crippen molar-refractivity contribution in [3.05, 3.63) is 100 Å². The van der Waals surface area contributed by atoms with Crippen LogP contribution in [0.1, 0.15) is 52.0 Å². The zero-order chi connectivity index (χ0) is 28.1. The van der Waals surface area contributed by atoms with Crippen molar-refractivity contribution in [2.24, 2.45) is 0 Å². The molecule has 2 fully saturated rings. The zero-order valence-electron chi connectivity index (χ0n) is 22.0. The van der Waals surface area contributed by atoms with E-state index in [1.54, 1.807) is 16.7 Å². The summed E-state index contributed by atoms with van der Waals surface area (Å²) >= 11 is 7.43. The molecule has 0 saturated carbocycles. The molecule has 0 bridgehead atoms. The van der Waals surface area contributed by atoms with Gasteiger partial charge in [0.2, 0.25) is 0 Å². The Kier molecular flexibility index (Phi) is 9.40. The molecule has 9 heteroatoms. The van der Waals surface area contributed by atoms with Gasteiger partial charge in [0.25, 0.3) is 11.8 Å². The minimum Gasteiger partial charge on any atom is -0.375 e. The fourth-order valence-corrected chi connectivity index (χ4v) is 6.36. The number of likely N-dealkylation sites (tertiary alicyclic amines) is 2. The van der Waals surface area contributed by atoms with E-state index in [-0.39, 0.29) is 29.6 Å². The van der Waals surface area contributed by atoms with Crippen LogP contribution in [-0.2, 0) is 10.5 Å². The highest BCUT2D eigenvalue weighted by atomic mass is 35.5. The summed E-state index contributed by atoms with van der Waals surface area (Å²) in [4.78, 5) is 30.9. The third-order valence-corrected chi connectivity index (χ3v) is 8.80. The number of nitrogens with zero attached hydrogens (tertiary/aromatic N) is 2. The second kappa shape index (κ2) is 13.1. The highest BCUT2D eigenvalue weighted by Crippen LogP contribution is 2.27. The molecule has 0 spiro atoms. The number of rotatable bonds is 7. The van der Waals surface area contributed by atoms with Crippen molar-refractivity contribution in [2.75, 3.05) is 26.2 Å². The molecule has 0 aliphatic carbocycles. The van der Waals surface area contributed by atoms with Crippen LogP contribution in [-0.4, -0.2) is 60.0 Å². The monoisotopic (exact) mass is 584 g/mol. The van der Waals surface area contributed by atoms with Crippen molar-refractivity contribution in [3.8, 4) is 0 Å². The maximum absolute atomic E-state index is 13.7. The number of halogens is 3. The zero-order valence-corrected chi connectivity index (χ0v) is 23.6. The van der Waals surface area contributed by atoms with Gasteiger partial charge in [0.1, 0.15) is 0 Å². The SMILES string of the molecule is O=C(c1cc(F)c(F)c(Cl)c1)N1CCC(OC2CCN(C(=O)c3ccccc3CSc3ccccc3)CC2)CC1. The molecule has 2 amide bonds. The number of hydrogen-bond donors (Lipinski definition) is 0. The first-order valence-electron chi connectivity index (χ1n) is 13.5. The first kappa shape index (κ1) is 28.6. The molecule has 0 N–H and O–H groups in total. The Balaban J connectivity index is 1.09. The van der Waals surface area contributed by atoms with Gasteiger partial charge in [-0.25, -0.2) is 8.78 Å². The Hall–Kier alpha value is -2.94. The van der Waals surface area contributed by atoms with E-state index in [9.17, 15) is 18.4 Å². The highest BCUT2D eigenvalue weighted by Gasteiger charge is 2.30. The van der Waals surface area contributed by atoms with Crippen molar-refractivity contribution in [2.45, 2.75) is 48.5 Å². The Morgan fingerprint density at radius 2 is 1.40 bits per heavy atom. The van der Waals surface area contributed by atoms with E-state index >= 15 is 0 Å². The summed E-state index contributed by atoms with van der Waals surface area (Å²) in [6.07, 6.45) is 2.92. The number of thioether (sulfide) groups is 1. The third-order valence-electron chi connectivity index (χ3n) is 7.46. The van der Waals surface area contributed by atoms with Crippen LogP contribution in [0.2, 0.25) is 5.02 Å². The number of carbonyl (C=O) groups excluding carboxylic acids is 2. The molecule has 0 unspecified atom stereocenters. The normalized spacial score (nSPS) is 16.8. The maximum atomic E-state index is 13.7. The first-order chi connectivity index (χ1) is 19.4. The van der Waals surface area contributed by atoms with Crippen LogP contribution in [0.25, 0.3) is 0 Å². The largest absolute Gasteiger partial charge is 0.375 e. The first-order valence-corrected chi connectivity index (χ1v) is 14.9. The lowest BCUT2D eigenvalue weighted by Crippen LogP contribution is -2.45. The van der Waals surface area contributed by atoms with Gasteiger partial charge in [-0.1, -0.05) is 48.0 Å². The van der Waals surface area contributed by atoms with Crippen LogP contribution in [0.3, 0.4) is 0 Å². The van der Waals surface area contributed by atoms with E-state index in [0.717, 1.165) is 35.8 Å². The van der Waals surface area contributed by atoms with Crippen molar-refractivity contribution in [1.82, 2.24) is 9.80 Å². The van der Waals surface area contributed by atoms with Crippen LogP contribution in [0, 0.1) is 11.6 Å². The van der Waals surface area contributed by atoms with Crippen LogP contribution in [0.4, 0.5) is 8.78 Å². The molecule has 2 saturated heterocycles. The van der Waals surface area contributed by atoms with Gasteiger partial charge in [0, 0.05) is 48.0 Å². The molecule has 2 aliphatic rings. The molecule has 0 aromatic heterocycles. The van der Waals surface area contributed by atoms with Gasteiger partial charge < -0.3 is 14.5 Å². The van der Waals surface area contributed by atoms with E-state index in [1.807, 2.05) is 47.4 Å². The lowest BCUT2D eigenvalue weighted by atomic mass is 10.0. The topological polar surface area (TPSA) is 49.9 Å². The van der Waals surface area contributed by atoms with Crippen LogP contribution in [0.15, 0.2) is 71.6 Å². The molecule has 210 valence electrons. The smallest absolute Gasteiger partial charge is 0.254 e. The quantitative estimate of drug-likeness (QED) is 0.225.